The smallest absolute Gasteiger partial charge is 0.222 e. The Morgan fingerprint density at radius 3 is 2.63 bits per heavy atom. The fraction of sp³-hybridized carbons (Fsp3) is 0.682. The maximum atomic E-state index is 13.5. The van der Waals surface area contributed by atoms with Crippen LogP contribution in [0.2, 0.25) is 0 Å². The highest BCUT2D eigenvalue weighted by Gasteiger charge is 2.42. The third kappa shape index (κ3) is 4.34. The minimum Gasteiger partial charge on any atom is -0.342 e. The molecule has 0 unspecified atom stereocenters. The van der Waals surface area contributed by atoms with E-state index in [9.17, 15) is 13.6 Å². The van der Waals surface area contributed by atoms with E-state index in [0.29, 0.717) is 18.4 Å². The molecule has 3 fully saturated rings. The molecule has 0 N–H and O–H groups in total. The molecule has 0 aromatic heterocycles. The molecule has 5 heteroatoms. The van der Waals surface area contributed by atoms with E-state index in [4.69, 9.17) is 0 Å². The van der Waals surface area contributed by atoms with Crippen LogP contribution in [0.15, 0.2) is 18.2 Å². The van der Waals surface area contributed by atoms with E-state index in [1.165, 1.54) is 37.8 Å². The zero-order valence-corrected chi connectivity index (χ0v) is 16.1. The summed E-state index contributed by atoms with van der Waals surface area (Å²) in [4.78, 5) is 17.1. The van der Waals surface area contributed by atoms with E-state index >= 15 is 0 Å². The predicted molar refractivity (Wildman–Crippen MR) is 101 cm³/mol. The van der Waals surface area contributed by atoms with Gasteiger partial charge in [0.15, 0.2) is 11.6 Å². The Balaban J connectivity index is 1.34. The van der Waals surface area contributed by atoms with Gasteiger partial charge in [-0.2, -0.15) is 0 Å². The number of piperidine rings is 1. The number of halogens is 2. The maximum absolute atomic E-state index is 13.5. The molecule has 1 aromatic rings. The quantitative estimate of drug-likeness (QED) is 0.780. The first-order chi connectivity index (χ1) is 13.0. The van der Waals surface area contributed by atoms with Crippen molar-refractivity contribution in [2.45, 2.75) is 57.9 Å². The maximum Gasteiger partial charge on any atom is 0.222 e. The fourth-order valence-electron chi connectivity index (χ4n) is 5.41. The number of carbonyl (C=O) groups is 1. The van der Waals surface area contributed by atoms with Crippen molar-refractivity contribution in [3.63, 3.8) is 0 Å². The van der Waals surface area contributed by atoms with Crippen molar-refractivity contribution >= 4 is 5.91 Å². The van der Waals surface area contributed by atoms with Crippen molar-refractivity contribution < 1.29 is 13.6 Å². The topological polar surface area (TPSA) is 23.6 Å². The minimum atomic E-state index is -0.791. The molecular formula is C22H30F2N2O. The van der Waals surface area contributed by atoms with Crippen LogP contribution in [0.1, 0.15) is 56.9 Å². The predicted octanol–water partition coefficient (Wildman–Crippen LogP) is 4.36. The highest BCUT2D eigenvalue weighted by Crippen LogP contribution is 2.40. The first kappa shape index (κ1) is 18.9. The van der Waals surface area contributed by atoms with Gasteiger partial charge in [-0.15, -0.1) is 0 Å². The Hall–Kier alpha value is -1.49. The van der Waals surface area contributed by atoms with Crippen LogP contribution in [-0.4, -0.2) is 41.9 Å². The van der Waals surface area contributed by atoms with E-state index in [1.807, 2.05) is 0 Å². The van der Waals surface area contributed by atoms with Gasteiger partial charge >= 0.3 is 0 Å². The molecule has 1 atom stereocenters. The highest BCUT2D eigenvalue weighted by atomic mass is 19.2. The van der Waals surface area contributed by atoms with E-state index in [-0.39, 0.29) is 5.41 Å². The molecule has 3 nitrogen and oxygen atoms in total. The standard InChI is InChI=1S/C22H30F2N2O/c23-19-7-6-18(12-20(19)24)14-25-10-3-8-22(15-25)9-11-26(16-22)21(27)13-17-4-1-2-5-17/h6-7,12,17H,1-5,8-11,13-16H2/t22-/m1/s1. The molecule has 2 heterocycles. The van der Waals surface area contributed by atoms with Gasteiger partial charge in [-0.05, 0) is 62.3 Å². The van der Waals surface area contributed by atoms with Gasteiger partial charge in [0, 0.05) is 38.0 Å². The number of amides is 1. The molecule has 2 saturated heterocycles. The first-order valence-electron chi connectivity index (χ1n) is 10.5. The summed E-state index contributed by atoms with van der Waals surface area (Å²) in [7, 11) is 0. The van der Waals surface area contributed by atoms with E-state index in [0.717, 1.165) is 57.4 Å². The summed E-state index contributed by atoms with van der Waals surface area (Å²) in [6.45, 7) is 4.32. The van der Waals surface area contributed by atoms with Crippen LogP contribution >= 0.6 is 0 Å². The van der Waals surface area contributed by atoms with Gasteiger partial charge in [0.1, 0.15) is 0 Å². The molecule has 4 rings (SSSR count). The van der Waals surface area contributed by atoms with Crippen LogP contribution in [0.25, 0.3) is 0 Å². The Bertz CT molecular complexity index is 689. The molecule has 1 saturated carbocycles. The lowest BCUT2D eigenvalue weighted by molar-refractivity contribution is -0.131. The van der Waals surface area contributed by atoms with Crippen molar-refractivity contribution in [3.8, 4) is 0 Å². The Kier molecular flexibility index (Phi) is 5.49. The second-order valence-corrected chi connectivity index (χ2v) is 8.98. The number of rotatable bonds is 4. The number of hydrogen-bond donors (Lipinski definition) is 0. The fourth-order valence-corrected chi connectivity index (χ4v) is 5.41. The molecule has 1 spiro atoms. The minimum absolute atomic E-state index is 0.183. The molecule has 148 valence electrons. The summed E-state index contributed by atoms with van der Waals surface area (Å²) in [5, 5.41) is 0. The highest BCUT2D eigenvalue weighted by molar-refractivity contribution is 5.76. The number of likely N-dealkylation sites (tertiary alicyclic amines) is 2. The zero-order valence-electron chi connectivity index (χ0n) is 16.1. The summed E-state index contributed by atoms with van der Waals surface area (Å²) in [6.07, 6.45) is 9.05. The SMILES string of the molecule is O=C(CC1CCCC1)N1CC[C@@]2(CCCN(Cc3ccc(F)c(F)c3)C2)C1. The summed E-state index contributed by atoms with van der Waals surface area (Å²) in [5.41, 5.74) is 1.00. The number of carbonyl (C=O) groups excluding carboxylic acids is 1. The van der Waals surface area contributed by atoms with Crippen LogP contribution in [-0.2, 0) is 11.3 Å². The Morgan fingerprint density at radius 1 is 1.04 bits per heavy atom. The summed E-state index contributed by atoms with van der Waals surface area (Å²) in [5.74, 6) is -0.619. The zero-order chi connectivity index (χ0) is 18.9. The van der Waals surface area contributed by atoms with Gasteiger partial charge in [0.05, 0.1) is 0 Å². The van der Waals surface area contributed by atoms with Crippen molar-refractivity contribution in [3.05, 3.63) is 35.4 Å². The molecule has 1 aliphatic carbocycles. The molecule has 0 radical (unpaired) electrons. The van der Waals surface area contributed by atoms with Crippen LogP contribution in [0.4, 0.5) is 8.78 Å². The lowest BCUT2D eigenvalue weighted by Gasteiger charge is -2.40. The van der Waals surface area contributed by atoms with Crippen molar-refractivity contribution in [1.29, 1.82) is 0 Å². The third-order valence-corrected chi connectivity index (χ3v) is 6.86. The molecule has 0 bridgehead atoms. The van der Waals surface area contributed by atoms with Gasteiger partial charge in [-0.3, -0.25) is 9.69 Å². The Labute approximate surface area is 160 Å². The van der Waals surface area contributed by atoms with Gasteiger partial charge in [-0.1, -0.05) is 18.9 Å². The molecule has 3 aliphatic rings. The molecule has 2 aliphatic heterocycles. The lowest BCUT2D eigenvalue weighted by Crippen LogP contribution is -2.45. The monoisotopic (exact) mass is 376 g/mol. The summed E-state index contributed by atoms with van der Waals surface area (Å²) >= 11 is 0. The molecular weight excluding hydrogens is 346 g/mol. The van der Waals surface area contributed by atoms with Gasteiger partial charge in [0.2, 0.25) is 5.91 Å². The van der Waals surface area contributed by atoms with E-state index in [2.05, 4.69) is 9.80 Å². The average molecular weight is 376 g/mol. The van der Waals surface area contributed by atoms with Gasteiger partial charge in [0.25, 0.3) is 0 Å². The van der Waals surface area contributed by atoms with E-state index < -0.39 is 11.6 Å². The lowest BCUT2D eigenvalue weighted by atomic mass is 9.79. The Morgan fingerprint density at radius 2 is 1.85 bits per heavy atom. The van der Waals surface area contributed by atoms with Crippen molar-refractivity contribution in [1.82, 2.24) is 9.80 Å². The summed E-state index contributed by atoms with van der Waals surface area (Å²) < 4.78 is 26.7. The average Bonchev–Trinajstić information content (AvgIpc) is 3.29. The van der Waals surface area contributed by atoms with Crippen LogP contribution < -0.4 is 0 Å². The van der Waals surface area contributed by atoms with Gasteiger partial charge in [-0.25, -0.2) is 8.78 Å². The van der Waals surface area contributed by atoms with Crippen LogP contribution in [0.3, 0.4) is 0 Å². The van der Waals surface area contributed by atoms with Crippen LogP contribution in [0.5, 0.6) is 0 Å². The molecule has 1 amide bonds. The second-order valence-electron chi connectivity index (χ2n) is 8.98. The number of hydrogen-bond acceptors (Lipinski definition) is 2. The normalized spacial score (nSPS) is 27.0. The van der Waals surface area contributed by atoms with Crippen LogP contribution in [0, 0.1) is 23.0 Å². The molecule has 27 heavy (non-hydrogen) atoms. The largest absolute Gasteiger partial charge is 0.342 e. The van der Waals surface area contributed by atoms with Crippen molar-refractivity contribution in [2.75, 3.05) is 26.2 Å². The molecule has 1 aromatic carbocycles. The first-order valence-corrected chi connectivity index (χ1v) is 10.5. The van der Waals surface area contributed by atoms with E-state index in [1.54, 1.807) is 6.07 Å². The number of benzene rings is 1. The summed E-state index contributed by atoms with van der Waals surface area (Å²) in [6, 6.07) is 4.19. The third-order valence-electron chi connectivity index (χ3n) is 6.86. The van der Waals surface area contributed by atoms with Crippen molar-refractivity contribution in [2.24, 2.45) is 11.3 Å². The van der Waals surface area contributed by atoms with Gasteiger partial charge < -0.3 is 4.90 Å². The number of nitrogens with zero attached hydrogens (tertiary/aromatic N) is 2. The second kappa shape index (κ2) is 7.86.